The number of primary amides is 1. The van der Waals surface area contributed by atoms with Gasteiger partial charge in [0.25, 0.3) is 0 Å². The fourth-order valence-corrected chi connectivity index (χ4v) is 2.70. The van der Waals surface area contributed by atoms with Gasteiger partial charge in [-0.3, -0.25) is 4.79 Å². The molecule has 3 N–H and O–H groups in total. The third kappa shape index (κ3) is 2.40. The van der Waals surface area contributed by atoms with Crippen molar-refractivity contribution in [1.82, 2.24) is 4.98 Å². The van der Waals surface area contributed by atoms with Gasteiger partial charge < -0.3 is 15.7 Å². The third-order valence-corrected chi connectivity index (χ3v) is 3.85. The minimum absolute atomic E-state index is 0.202. The molecule has 3 rings (SSSR count). The number of carbonyl (C=O) groups excluding carboxylic acids is 1. The summed E-state index contributed by atoms with van der Waals surface area (Å²) in [6.45, 7) is 1.14. The summed E-state index contributed by atoms with van der Waals surface area (Å²) >= 11 is 0. The van der Waals surface area contributed by atoms with Crippen LogP contribution >= 0.6 is 0 Å². The number of carbonyl (C=O) groups is 2. The number of anilines is 1. The molecule has 1 atom stereocenters. The summed E-state index contributed by atoms with van der Waals surface area (Å²) in [7, 11) is 0. The van der Waals surface area contributed by atoms with Gasteiger partial charge in [-0.05, 0) is 18.6 Å². The van der Waals surface area contributed by atoms with E-state index in [1.807, 2.05) is 11.0 Å². The number of rotatable bonds is 3. The number of carboxylic acids is 1. The van der Waals surface area contributed by atoms with Gasteiger partial charge in [0, 0.05) is 18.5 Å². The van der Waals surface area contributed by atoms with Gasteiger partial charge in [-0.2, -0.15) is 0 Å². The van der Waals surface area contributed by atoms with E-state index in [1.54, 1.807) is 24.3 Å². The molecular weight excluding hydrogens is 270 g/mol. The number of carboxylic acid groups (broad SMARTS) is 1. The molecule has 21 heavy (non-hydrogen) atoms. The Morgan fingerprint density at radius 1 is 1.33 bits per heavy atom. The van der Waals surface area contributed by atoms with Gasteiger partial charge in [0.2, 0.25) is 5.91 Å². The molecule has 1 aliphatic heterocycles. The van der Waals surface area contributed by atoms with Crippen molar-refractivity contribution in [2.45, 2.75) is 6.42 Å². The second kappa shape index (κ2) is 5.05. The van der Waals surface area contributed by atoms with Crippen molar-refractivity contribution in [2.75, 3.05) is 18.0 Å². The number of aromatic carboxylic acids is 1. The van der Waals surface area contributed by atoms with E-state index < -0.39 is 5.97 Å². The summed E-state index contributed by atoms with van der Waals surface area (Å²) in [6.07, 6.45) is 0.673. The maximum absolute atomic E-state index is 11.4. The average molecular weight is 285 g/mol. The summed E-state index contributed by atoms with van der Waals surface area (Å²) in [5.74, 6) is -0.932. The SMILES string of the molecule is NC(=O)C1CCN(c2cc(C(=O)O)c3ccccc3n2)C1. The smallest absolute Gasteiger partial charge is 0.336 e. The topological polar surface area (TPSA) is 96.5 Å². The lowest BCUT2D eigenvalue weighted by Crippen LogP contribution is -2.27. The number of hydrogen-bond acceptors (Lipinski definition) is 4. The van der Waals surface area contributed by atoms with Crippen LogP contribution in [0.25, 0.3) is 10.9 Å². The molecule has 1 unspecified atom stereocenters. The zero-order valence-electron chi connectivity index (χ0n) is 11.3. The Balaban J connectivity index is 2.04. The molecule has 1 saturated heterocycles. The number of para-hydroxylation sites is 1. The largest absolute Gasteiger partial charge is 0.478 e. The lowest BCUT2D eigenvalue weighted by atomic mass is 10.1. The molecule has 0 aliphatic carbocycles. The number of nitrogens with zero attached hydrogens (tertiary/aromatic N) is 2. The van der Waals surface area contributed by atoms with Crippen LogP contribution in [-0.2, 0) is 4.79 Å². The fraction of sp³-hybridized carbons (Fsp3) is 0.267. The molecular formula is C15H15N3O3. The minimum Gasteiger partial charge on any atom is -0.478 e. The van der Waals surface area contributed by atoms with Crippen LogP contribution in [0.15, 0.2) is 30.3 Å². The lowest BCUT2D eigenvalue weighted by Gasteiger charge is -2.18. The third-order valence-electron chi connectivity index (χ3n) is 3.85. The molecule has 6 nitrogen and oxygen atoms in total. The zero-order chi connectivity index (χ0) is 15.0. The highest BCUT2D eigenvalue weighted by Gasteiger charge is 2.28. The molecule has 0 saturated carbocycles. The Bertz CT molecular complexity index is 729. The van der Waals surface area contributed by atoms with Crippen LogP contribution in [0.4, 0.5) is 5.82 Å². The van der Waals surface area contributed by atoms with Gasteiger partial charge >= 0.3 is 5.97 Å². The van der Waals surface area contributed by atoms with Crippen molar-refractivity contribution in [3.63, 3.8) is 0 Å². The quantitative estimate of drug-likeness (QED) is 0.884. The Labute approximate surface area is 121 Å². The van der Waals surface area contributed by atoms with E-state index in [0.717, 1.165) is 0 Å². The van der Waals surface area contributed by atoms with Gasteiger partial charge in [0.1, 0.15) is 5.82 Å². The first-order valence-electron chi connectivity index (χ1n) is 6.73. The van der Waals surface area contributed by atoms with E-state index in [4.69, 9.17) is 5.73 Å². The molecule has 1 amide bonds. The number of pyridine rings is 1. The number of hydrogen-bond donors (Lipinski definition) is 2. The first-order valence-corrected chi connectivity index (χ1v) is 6.73. The average Bonchev–Trinajstić information content (AvgIpc) is 2.96. The maximum atomic E-state index is 11.4. The highest BCUT2D eigenvalue weighted by Crippen LogP contribution is 2.27. The van der Waals surface area contributed by atoms with Gasteiger partial charge in [-0.15, -0.1) is 0 Å². The summed E-state index contributed by atoms with van der Waals surface area (Å²) in [6, 6.07) is 8.70. The first kappa shape index (κ1) is 13.4. The van der Waals surface area contributed by atoms with Crippen LogP contribution in [0.3, 0.4) is 0 Å². The Morgan fingerprint density at radius 2 is 2.10 bits per heavy atom. The molecule has 0 bridgehead atoms. The Hall–Kier alpha value is -2.63. The summed E-state index contributed by atoms with van der Waals surface area (Å²) < 4.78 is 0. The zero-order valence-corrected chi connectivity index (χ0v) is 11.3. The van der Waals surface area contributed by atoms with Crippen molar-refractivity contribution in [2.24, 2.45) is 11.7 Å². The molecule has 1 aromatic carbocycles. The number of nitrogens with two attached hydrogens (primary N) is 1. The minimum atomic E-state index is -0.986. The van der Waals surface area contributed by atoms with Crippen LogP contribution in [0, 0.1) is 5.92 Å². The van der Waals surface area contributed by atoms with E-state index in [1.165, 1.54) is 0 Å². The van der Waals surface area contributed by atoms with Crippen LogP contribution in [0.1, 0.15) is 16.8 Å². The molecule has 1 aromatic heterocycles. The van der Waals surface area contributed by atoms with Crippen molar-refractivity contribution < 1.29 is 14.7 Å². The van der Waals surface area contributed by atoms with Crippen LogP contribution < -0.4 is 10.6 Å². The molecule has 6 heteroatoms. The predicted molar refractivity (Wildman–Crippen MR) is 78.2 cm³/mol. The first-order chi connectivity index (χ1) is 10.1. The summed E-state index contributed by atoms with van der Waals surface area (Å²) in [4.78, 5) is 29.1. The van der Waals surface area contributed by atoms with Crippen LogP contribution in [-0.4, -0.2) is 35.1 Å². The fourth-order valence-electron chi connectivity index (χ4n) is 2.70. The van der Waals surface area contributed by atoms with Crippen molar-refractivity contribution in [3.8, 4) is 0 Å². The monoisotopic (exact) mass is 285 g/mol. The summed E-state index contributed by atoms with van der Waals surface area (Å²) in [5, 5.41) is 9.98. The number of benzene rings is 1. The second-order valence-electron chi connectivity index (χ2n) is 5.18. The highest BCUT2D eigenvalue weighted by molar-refractivity contribution is 6.03. The van der Waals surface area contributed by atoms with Gasteiger partial charge in [0.15, 0.2) is 0 Å². The molecule has 2 aromatic rings. The Morgan fingerprint density at radius 3 is 2.76 bits per heavy atom. The van der Waals surface area contributed by atoms with Crippen LogP contribution in [0.2, 0.25) is 0 Å². The van der Waals surface area contributed by atoms with Crippen molar-refractivity contribution in [1.29, 1.82) is 0 Å². The number of aromatic nitrogens is 1. The molecule has 1 fully saturated rings. The van der Waals surface area contributed by atoms with Crippen molar-refractivity contribution >= 4 is 28.6 Å². The molecule has 0 spiro atoms. The summed E-state index contributed by atoms with van der Waals surface area (Å²) in [5.41, 5.74) is 6.18. The van der Waals surface area contributed by atoms with E-state index in [0.29, 0.717) is 36.2 Å². The van der Waals surface area contributed by atoms with Gasteiger partial charge in [-0.25, -0.2) is 9.78 Å². The van der Waals surface area contributed by atoms with E-state index >= 15 is 0 Å². The van der Waals surface area contributed by atoms with Crippen LogP contribution in [0.5, 0.6) is 0 Å². The predicted octanol–water partition coefficient (Wildman–Crippen LogP) is 1.24. The molecule has 2 heterocycles. The normalized spacial score (nSPS) is 18.1. The second-order valence-corrected chi connectivity index (χ2v) is 5.18. The maximum Gasteiger partial charge on any atom is 0.336 e. The van der Waals surface area contributed by atoms with E-state index in [-0.39, 0.29) is 17.4 Å². The molecule has 0 radical (unpaired) electrons. The molecule has 1 aliphatic rings. The Kier molecular flexibility index (Phi) is 3.21. The number of fused-ring (bicyclic) bond motifs is 1. The van der Waals surface area contributed by atoms with Crippen molar-refractivity contribution in [3.05, 3.63) is 35.9 Å². The van der Waals surface area contributed by atoms with Gasteiger partial charge in [-0.1, -0.05) is 18.2 Å². The van der Waals surface area contributed by atoms with Gasteiger partial charge in [0.05, 0.1) is 17.0 Å². The standard InChI is InChI=1S/C15H15N3O3/c16-14(19)9-5-6-18(8-9)13-7-11(15(20)21)10-3-1-2-4-12(10)17-13/h1-4,7,9H,5-6,8H2,(H2,16,19)(H,20,21). The van der Waals surface area contributed by atoms with E-state index in [9.17, 15) is 14.7 Å². The molecule has 108 valence electrons. The number of amides is 1. The van der Waals surface area contributed by atoms with E-state index in [2.05, 4.69) is 4.98 Å². The highest BCUT2D eigenvalue weighted by atomic mass is 16.4. The lowest BCUT2D eigenvalue weighted by molar-refractivity contribution is -0.121.